The maximum atomic E-state index is 11.5. The summed E-state index contributed by atoms with van der Waals surface area (Å²) in [7, 11) is 0. The second-order valence-electron chi connectivity index (χ2n) is 4.83. The molecule has 1 N–H and O–H groups in total. The third-order valence-corrected chi connectivity index (χ3v) is 4.53. The van der Waals surface area contributed by atoms with Crippen molar-refractivity contribution in [3.63, 3.8) is 0 Å². The lowest BCUT2D eigenvalue weighted by Gasteiger charge is -2.15. The SMILES string of the molecule is Cc1cccc(C)c1C[C@H](Sc1ccccc1)C(=O)O. The molecule has 0 heterocycles. The summed E-state index contributed by atoms with van der Waals surface area (Å²) in [4.78, 5) is 12.5. The smallest absolute Gasteiger partial charge is 0.317 e. The van der Waals surface area contributed by atoms with E-state index in [4.69, 9.17) is 0 Å². The summed E-state index contributed by atoms with van der Waals surface area (Å²) in [5, 5.41) is 9.00. The Kier molecular flexibility index (Phi) is 4.85. The monoisotopic (exact) mass is 286 g/mol. The van der Waals surface area contributed by atoms with Crippen LogP contribution >= 0.6 is 11.8 Å². The molecule has 0 spiro atoms. The fourth-order valence-electron chi connectivity index (χ4n) is 2.20. The molecule has 0 saturated carbocycles. The zero-order valence-corrected chi connectivity index (χ0v) is 12.5. The van der Waals surface area contributed by atoms with Crippen LogP contribution in [0.1, 0.15) is 16.7 Å². The van der Waals surface area contributed by atoms with Crippen LogP contribution in [0.25, 0.3) is 0 Å². The van der Waals surface area contributed by atoms with E-state index in [2.05, 4.69) is 0 Å². The van der Waals surface area contributed by atoms with Crippen molar-refractivity contribution >= 4 is 17.7 Å². The van der Waals surface area contributed by atoms with E-state index in [-0.39, 0.29) is 0 Å². The van der Waals surface area contributed by atoms with E-state index in [9.17, 15) is 9.90 Å². The van der Waals surface area contributed by atoms with Gasteiger partial charge < -0.3 is 5.11 Å². The summed E-state index contributed by atoms with van der Waals surface area (Å²) in [5.74, 6) is -0.762. The van der Waals surface area contributed by atoms with Crippen LogP contribution < -0.4 is 0 Å². The van der Waals surface area contributed by atoms with Crippen LogP contribution in [0, 0.1) is 13.8 Å². The molecule has 2 nitrogen and oxygen atoms in total. The molecule has 0 bridgehead atoms. The van der Waals surface area contributed by atoms with Gasteiger partial charge in [-0.1, -0.05) is 36.4 Å². The van der Waals surface area contributed by atoms with Crippen molar-refractivity contribution in [1.29, 1.82) is 0 Å². The van der Waals surface area contributed by atoms with Crippen molar-refractivity contribution in [3.05, 3.63) is 65.2 Å². The number of carboxylic acids is 1. The van der Waals surface area contributed by atoms with Crippen molar-refractivity contribution in [1.82, 2.24) is 0 Å². The van der Waals surface area contributed by atoms with E-state index in [0.717, 1.165) is 21.6 Å². The molecule has 2 rings (SSSR count). The van der Waals surface area contributed by atoms with Gasteiger partial charge in [0.15, 0.2) is 0 Å². The molecule has 20 heavy (non-hydrogen) atoms. The van der Waals surface area contributed by atoms with Gasteiger partial charge in [-0.3, -0.25) is 4.79 Å². The Hall–Kier alpha value is -1.74. The van der Waals surface area contributed by atoms with E-state index >= 15 is 0 Å². The largest absolute Gasteiger partial charge is 0.480 e. The van der Waals surface area contributed by atoms with E-state index < -0.39 is 11.2 Å². The van der Waals surface area contributed by atoms with Gasteiger partial charge in [-0.15, -0.1) is 11.8 Å². The number of hydrogen-bond donors (Lipinski definition) is 1. The number of aryl methyl sites for hydroxylation is 2. The minimum Gasteiger partial charge on any atom is -0.480 e. The zero-order valence-electron chi connectivity index (χ0n) is 11.7. The first-order chi connectivity index (χ1) is 9.58. The van der Waals surface area contributed by atoms with Crippen molar-refractivity contribution in [2.24, 2.45) is 0 Å². The Bertz CT molecular complexity index is 573. The standard InChI is InChI=1S/C17H18O2S/c1-12-7-6-8-13(2)15(12)11-16(17(18)19)20-14-9-4-3-5-10-14/h3-10,16H,11H2,1-2H3,(H,18,19)/t16-/m0/s1. The molecule has 0 radical (unpaired) electrons. The minimum absolute atomic E-state index is 0.461. The van der Waals surface area contributed by atoms with Crippen LogP contribution in [0.2, 0.25) is 0 Å². The zero-order chi connectivity index (χ0) is 14.5. The van der Waals surface area contributed by atoms with Gasteiger partial charge in [0.05, 0.1) is 0 Å². The van der Waals surface area contributed by atoms with E-state index in [1.165, 1.54) is 11.8 Å². The van der Waals surface area contributed by atoms with Crippen LogP contribution in [0.3, 0.4) is 0 Å². The van der Waals surface area contributed by atoms with Gasteiger partial charge in [0.1, 0.15) is 5.25 Å². The highest BCUT2D eigenvalue weighted by Gasteiger charge is 2.21. The summed E-state index contributed by atoms with van der Waals surface area (Å²) >= 11 is 1.41. The number of carboxylic acid groups (broad SMARTS) is 1. The predicted octanol–water partition coefficient (Wildman–Crippen LogP) is 4.09. The molecule has 1 atom stereocenters. The molecule has 0 aromatic heterocycles. The van der Waals surface area contributed by atoms with Gasteiger partial charge in [0, 0.05) is 4.90 Å². The van der Waals surface area contributed by atoms with Crippen LogP contribution in [0.5, 0.6) is 0 Å². The Morgan fingerprint density at radius 1 is 1.05 bits per heavy atom. The first-order valence-electron chi connectivity index (χ1n) is 6.57. The first-order valence-corrected chi connectivity index (χ1v) is 7.45. The minimum atomic E-state index is -0.762. The van der Waals surface area contributed by atoms with Gasteiger partial charge in [0.25, 0.3) is 0 Å². The van der Waals surface area contributed by atoms with E-state index in [1.54, 1.807) is 0 Å². The molecule has 2 aromatic carbocycles. The summed E-state index contributed by atoms with van der Waals surface area (Å²) in [5.41, 5.74) is 3.46. The van der Waals surface area contributed by atoms with E-state index in [1.807, 2.05) is 62.4 Å². The van der Waals surface area contributed by atoms with Crippen LogP contribution in [-0.2, 0) is 11.2 Å². The number of hydrogen-bond acceptors (Lipinski definition) is 2. The fourth-order valence-corrected chi connectivity index (χ4v) is 3.19. The molecule has 104 valence electrons. The Morgan fingerprint density at radius 2 is 1.65 bits per heavy atom. The molecule has 2 aromatic rings. The number of benzene rings is 2. The second-order valence-corrected chi connectivity index (χ2v) is 6.11. The van der Waals surface area contributed by atoms with Gasteiger partial charge in [-0.05, 0) is 49.1 Å². The lowest BCUT2D eigenvalue weighted by molar-refractivity contribution is -0.136. The molecule has 0 amide bonds. The number of aliphatic carboxylic acids is 1. The second kappa shape index (κ2) is 6.62. The summed E-state index contributed by atoms with van der Waals surface area (Å²) in [6.45, 7) is 4.07. The molecular formula is C17H18O2S. The lowest BCUT2D eigenvalue weighted by Crippen LogP contribution is -2.20. The topological polar surface area (TPSA) is 37.3 Å². The van der Waals surface area contributed by atoms with Crippen molar-refractivity contribution in [3.8, 4) is 0 Å². The summed E-state index contributed by atoms with van der Waals surface area (Å²) in [6, 6.07) is 15.8. The third-order valence-electron chi connectivity index (χ3n) is 3.33. The average Bonchev–Trinajstić information content (AvgIpc) is 2.42. The normalized spacial score (nSPS) is 12.1. The van der Waals surface area contributed by atoms with Gasteiger partial charge >= 0.3 is 5.97 Å². The number of rotatable bonds is 5. The first kappa shape index (κ1) is 14.7. The van der Waals surface area contributed by atoms with Gasteiger partial charge in [-0.2, -0.15) is 0 Å². The molecule has 0 aliphatic heterocycles. The van der Waals surface area contributed by atoms with Gasteiger partial charge in [-0.25, -0.2) is 0 Å². The number of thioether (sulfide) groups is 1. The van der Waals surface area contributed by atoms with Crippen molar-refractivity contribution in [2.75, 3.05) is 0 Å². The highest BCUT2D eigenvalue weighted by Crippen LogP contribution is 2.27. The molecule has 3 heteroatoms. The third kappa shape index (κ3) is 3.64. The fraction of sp³-hybridized carbons (Fsp3) is 0.235. The predicted molar refractivity (Wildman–Crippen MR) is 83.3 cm³/mol. The van der Waals surface area contributed by atoms with Crippen LogP contribution in [0.4, 0.5) is 0 Å². The van der Waals surface area contributed by atoms with E-state index in [0.29, 0.717) is 6.42 Å². The average molecular weight is 286 g/mol. The molecule has 0 aliphatic carbocycles. The maximum Gasteiger partial charge on any atom is 0.317 e. The maximum absolute atomic E-state index is 11.5. The molecular weight excluding hydrogens is 268 g/mol. The quantitative estimate of drug-likeness (QED) is 0.841. The molecule has 0 saturated heterocycles. The molecule has 0 unspecified atom stereocenters. The number of carbonyl (C=O) groups is 1. The van der Waals surface area contributed by atoms with Crippen LogP contribution in [-0.4, -0.2) is 16.3 Å². The Labute approximate surface area is 123 Å². The Morgan fingerprint density at radius 3 is 2.20 bits per heavy atom. The highest BCUT2D eigenvalue weighted by molar-refractivity contribution is 8.00. The van der Waals surface area contributed by atoms with Crippen molar-refractivity contribution < 1.29 is 9.90 Å². The molecule has 0 aliphatic rings. The summed E-state index contributed by atoms with van der Waals surface area (Å²) in [6.07, 6.45) is 0.549. The lowest BCUT2D eigenvalue weighted by atomic mass is 9.98. The van der Waals surface area contributed by atoms with Crippen LogP contribution in [0.15, 0.2) is 53.4 Å². The molecule has 0 fully saturated rings. The highest BCUT2D eigenvalue weighted by atomic mass is 32.2. The van der Waals surface area contributed by atoms with Crippen molar-refractivity contribution in [2.45, 2.75) is 30.4 Å². The summed E-state index contributed by atoms with van der Waals surface area (Å²) < 4.78 is 0. The van der Waals surface area contributed by atoms with Gasteiger partial charge in [0.2, 0.25) is 0 Å². The Balaban J connectivity index is 2.20.